The van der Waals surface area contributed by atoms with Crippen LogP contribution in [0, 0.1) is 6.92 Å². The lowest BCUT2D eigenvalue weighted by Gasteiger charge is -2.11. The van der Waals surface area contributed by atoms with Gasteiger partial charge in [-0.3, -0.25) is 4.79 Å². The molecule has 1 aromatic heterocycles. The SMILES string of the molecule is CC1=NN(c2ccc(C(=O)O)cc2)C(=O)C1=CC=CC=Cc1c(C)nn(-c2ccc(C(=O)O)cc2)c1O. The van der Waals surface area contributed by atoms with Gasteiger partial charge in [-0.25, -0.2) is 14.3 Å². The average Bonchev–Trinajstić information content (AvgIpc) is 3.33. The molecule has 2 heterocycles. The van der Waals surface area contributed by atoms with E-state index in [1.807, 2.05) is 0 Å². The van der Waals surface area contributed by atoms with Gasteiger partial charge in [-0.2, -0.15) is 15.2 Å². The van der Waals surface area contributed by atoms with Crippen molar-refractivity contribution < 1.29 is 29.7 Å². The van der Waals surface area contributed by atoms with Crippen LogP contribution in [0.3, 0.4) is 0 Å². The molecule has 3 N–H and O–H groups in total. The molecule has 0 spiro atoms. The molecular weight excluding hydrogens is 476 g/mol. The lowest BCUT2D eigenvalue weighted by atomic mass is 10.1. The number of hydrogen-bond acceptors (Lipinski definition) is 6. The summed E-state index contributed by atoms with van der Waals surface area (Å²) in [5, 5.41) is 38.5. The zero-order valence-corrected chi connectivity index (χ0v) is 19.9. The Labute approximate surface area is 211 Å². The van der Waals surface area contributed by atoms with Gasteiger partial charge in [0.15, 0.2) is 0 Å². The van der Waals surface area contributed by atoms with Crippen LogP contribution in [0.4, 0.5) is 5.69 Å². The number of allylic oxidation sites excluding steroid dienone is 4. The van der Waals surface area contributed by atoms with Crippen LogP contribution in [-0.2, 0) is 4.79 Å². The van der Waals surface area contributed by atoms with E-state index in [0.29, 0.717) is 33.9 Å². The summed E-state index contributed by atoms with van der Waals surface area (Å²) in [5.74, 6) is -2.52. The Morgan fingerprint density at radius 1 is 0.838 bits per heavy atom. The number of nitrogens with zero attached hydrogens (tertiary/aromatic N) is 4. The third kappa shape index (κ3) is 5.08. The second-order valence-corrected chi connectivity index (χ2v) is 8.07. The van der Waals surface area contributed by atoms with Crippen LogP contribution in [-0.4, -0.2) is 48.7 Å². The quantitative estimate of drug-likeness (QED) is 0.327. The van der Waals surface area contributed by atoms with E-state index in [0.717, 1.165) is 0 Å². The lowest BCUT2D eigenvalue weighted by Crippen LogP contribution is -2.21. The molecule has 10 nitrogen and oxygen atoms in total. The summed E-state index contributed by atoms with van der Waals surface area (Å²) in [5.41, 5.74) is 3.19. The van der Waals surface area contributed by atoms with Gasteiger partial charge in [0.05, 0.1) is 45.0 Å². The van der Waals surface area contributed by atoms with E-state index in [4.69, 9.17) is 10.2 Å². The van der Waals surface area contributed by atoms with Crippen molar-refractivity contribution in [2.75, 3.05) is 5.01 Å². The van der Waals surface area contributed by atoms with Crippen molar-refractivity contribution in [2.45, 2.75) is 13.8 Å². The van der Waals surface area contributed by atoms with Crippen molar-refractivity contribution in [1.29, 1.82) is 0 Å². The molecule has 2 aromatic carbocycles. The van der Waals surface area contributed by atoms with Crippen LogP contribution >= 0.6 is 0 Å². The van der Waals surface area contributed by atoms with Gasteiger partial charge in [0.1, 0.15) is 0 Å². The van der Waals surface area contributed by atoms with E-state index in [2.05, 4.69) is 10.2 Å². The predicted molar refractivity (Wildman–Crippen MR) is 137 cm³/mol. The Balaban J connectivity index is 1.47. The average molecular weight is 498 g/mol. The minimum Gasteiger partial charge on any atom is -0.493 e. The number of carboxylic acids is 2. The van der Waals surface area contributed by atoms with Crippen LogP contribution in [0.5, 0.6) is 5.88 Å². The molecule has 186 valence electrons. The van der Waals surface area contributed by atoms with Gasteiger partial charge in [0.2, 0.25) is 5.88 Å². The number of benzene rings is 2. The van der Waals surface area contributed by atoms with Crippen LogP contribution in [0.25, 0.3) is 11.8 Å². The van der Waals surface area contributed by atoms with E-state index >= 15 is 0 Å². The smallest absolute Gasteiger partial charge is 0.335 e. The fourth-order valence-corrected chi connectivity index (χ4v) is 3.65. The molecule has 1 aliphatic heterocycles. The molecule has 0 aliphatic carbocycles. The first-order chi connectivity index (χ1) is 17.7. The van der Waals surface area contributed by atoms with Gasteiger partial charge in [-0.1, -0.05) is 18.2 Å². The monoisotopic (exact) mass is 498 g/mol. The molecule has 1 aliphatic rings. The van der Waals surface area contributed by atoms with Crippen LogP contribution in [0.1, 0.15) is 38.9 Å². The maximum Gasteiger partial charge on any atom is 0.335 e. The molecule has 1 amide bonds. The second-order valence-electron chi connectivity index (χ2n) is 8.07. The molecule has 37 heavy (non-hydrogen) atoms. The summed E-state index contributed by atoms with van der Waals surface area (Å²) < 4.78 is 1.32. The zero-order valence-electron chi connectivity index (χ0n) is 19.9. The number of carboxylic acid groups (broad SMARTS) is 2. The molecule has 0 bridgehead atoms. The molecule has 0 saturated carbocycles. The Hall–Kier alpha value is -5.25. The third-order valence-corrected chi connectivity index (χ3v) is 5.61. The number of carbonyl (C=O) groups excluding carboxylic acids is 1. The normalized spacial score (nSPS) is 14.8. The van der Waals surface area contributed by atoms with Crippen LogP contribution in [0.2, 0.25) is 0 Å². The highest BCUT2D eigenvalue weighted by Gasteiger charge is 2.28. The number of hydrogen-bond donors (Lipinski definition) is 3. The first kappa shape index (κ1) is 24.9. The highest BCUT2D eigenvalue weighted by molar-refractivity contribution is 6.29. The number of carbonyl (C=O) groups is 3. The lowest BCUT2D eigenvalue weighted by molar-refractivity contribution is -0.114. The van der Waals surface area contributed by atoms with Crippen molar-refractivity contribution in [3.63, 3.8) is 0 Å². The number of anilines is 1. The maximum atomic E-state index is 12.8. The molecule has 4 rings (SSSR count). The maximum absolute atomic E-state index is 12.8. The number of aryl methyl sites for hydroxylation is 1. The molecule has 0 atom stereocenters. The Bertz CT molecular complexity index is 1510. The minimum atomic E-state index is -1.05. The summed E-state index contributed by atoms with van der Waals surface area (Å²) in [6, 6.07) is 11.8. The van der Waals surface area contributed by atoms with E-state index in [1.54, 1.807) is 56.4 Å². The second kappa shape index (κ2) is 10.2. The first-order valence-corrected chi connectivity index (χ1v) is 11.1. The number of hydrazone groups is 1. The molecule has 0 fully saturated rings. The molecule has 3 aromatic rings. The van der Waals surface area contributed by atoms with Crippen molar-refractivity contribution in [3.8, 4) is 11.6 Å². The minimum absolute atomic E-state index is 0.0953. The molecule has 0 saturated heterocycles. The summed E-state index contributed by atoms with van der Waals surface area (Å²) in [6.45, 7) is 3.44. The van der Waals surface area contributed by atoms with E-state index in [9.17, 15) is 19.5 Å². The number of aromatic carboxylic acids is 2. The summed E-state index contributed by atoms with van der Waals surface area (Å²) in [7, 11) is 0. The standard InChI is InChI=1S/C27H22N4O6/c1-16-22(24(32)30(28-16)20-12-8-18(9-13-20)26(34)35)6-4-3-5-7-23-17(2)29-31(25(23)33)21-14-10-19(11-15-21)27(36)37/h3-15,32H,1-2H3,(H,34,35)(H,36,37). The predicted octanol–water partition coefficient (Wildman–Crippen LogP) is 4.20. The van der Waals surface area contributed by atoms with E-state index in [-0.39, 0.29) is 22.9 Å². The van der Waals surface area contributed by atoms with E-state index in [1.165, 1.54) is 46.1 Å². The van der Waals surface area contributed by atoms with Gasteiger partial charge in [0.25, 0.3) is 5.91 Å². The summed E-state index contributed by atoms with van der Waals surface area (Å²) >= 11 is 0. The van der Waals surface area contributed by atoms with Crippen molar-refractivity contribution >= 4 is 35.3 Å². The van der Waals surface area contributed by atoms with Crippen LogP contribution in [0.15, 0.2) is 83.5 Å². The van der Waals surface area contributed by atoms with Gasteiger partial charge in [0, 0.05) is 0 Å². The first-order valence-electron chi connectivity index (χ1n) is 11.1. The van der Waals surface area contributed by atoms with E-state index < -0.39 is 11.9 Å². The fourth-order valence-electron chi connectivity index (χ4n) is 3.65. The Morgan fingerprint density at radius 2 is 1.41 bits per heavy atom. The zero-order chi connectivity index (χ0) is 26.7. The topological polar surface area (TPSA) is 145 Å². The van der Waals surface area contributed by atoms with Gasteiger partial charge < -0.3 is 15.3 Å². The number of aromatic nitrogens is 2. The van der Waals surface area contributed by atoms with Crippen molar-refractivity contribution in [3.05, 3.63) is 101 Å². The fraction of sp³-hybridized carbons (Fsp3) is 0.0741. The Morgan fingerprint density at radius 3 is 1.97 bits per heavy atom. The van der Waals surface area contributed by atoms with Crippen molar-refractivity contribution in [1.82, 2.24) is 9.78 Å². The molecule has 0 radical (unpaired) electrons. The van der Waals surface area contributed by atoms with Gasteiger partial charge in [-0.05, 0) is 74.5 Å². The van der Waals surface area contributed by atoms with Crippen LogP contribution < -0.4 is 5.01 Å². The third-order valence-electron chi connectivity index (χ3n) is 5.61. The number of amides is 1. The number of rotatable bonds is 7. The summed E-state index contributed by atoms with van der Waals surface area (Å²) in [6.07, 6.45) is 8.34. The van der Waals surface area contributed by atoms with Gasteiger partial charge in [-0.15, -0.1) is 0 Å². The highest BCUT2D eigenvalue weighted by atomic mass is 16.4. The Kier molecular flexibility index (Phi) is 6.83. The van der Waals surface area contributed by atoms with Gasteiger partial charge >= 0.3 is 11.9 Å². The highest BCUT2D eigenvalue weighted by Crippen LogP contribution is 2.27. The van der Waals surface area contributed by atoms with Crippen molar-refractivity contribution in [2.24, 2.45) is 5.10 Å². The molecule has 10 heteroatoms. The number of aromatic hydroxyl groups is 1. The summed E-state index contributed by atoms with van der Waals surface area (Å²) in [4.78, 5) is 34.9. The molecule has 0 unspecified atom stereocenters. The largest absolute Gasteiger partial charge is 0.493 e. The molecular formula is C27H22N4O6.